The van der Waals surface area contributed by atoms with Crippen molar-refractivity contribution in [3.8, 4) is 5.75 Å². The van der Waals surface area contributed by atoms with Gasteiger partial charge in [0.15, 0.2) is 0 Å². The number of rotatable bonds is 9. The van der Waals surface area contributed by atoms with E-state index < -0.39 is 31.9 Å². The summed E-state index contributed by atoms with van der Waals surface area (Å²) in [4.78, 5) is 12.7. The highest BCUT2D eigenvalue weighted by Gasteiger charge is 2.32. The lowest BCUT2D eigenvalue weighted by molar-refractivity contribution is -0.120. The summed E-state index contributed by atoms with van der Waals surface area (Å²) in [6.07, 6.45) is 1.57. The molecule has 1 saturated heterocycles. The molecule has 1 heterocycles. The Morgan fingerprint density at radius 2 is 1.87 bits per heavy atom. The van der Waals surface area contributed by atoms with E-state index in [-0.39, 0.29) is 28.6 Å². The molecule has 0 spiro atoms. The number of nitrogens with zero attached hydrogens (tertiary/aromatic N) is 2. The van der Waals surface area contributed by atoms with Crippen LogP contribution in [0.25, 0.3) is 0 Å². The monoisotopic (exact) mass is 461 g/mol. The van der Waals surface area contributed by atoms with Gasteiger partial charge in [0.05, 0.1) is 22.3 Å². The predicted octanol–water partition coefficient (Wildman–Crippen LogP) is 1.81. The molecule has 0 aromatic heterocycles. The van der Waals surface area contributed by atoms with E-state index in [4.69, 9.17) is 0 Å². The Bertz CT molecular complexity index is 958. The third-order valence-electron chi connectivity index (χ3n) is 5.18. The number of phenolic OH excluding ortho intramolecular Hbond substituents is 1. The third-order valence-corrected chi connectivity index (χ3v) is 9.27. The van der Waals surface area contributed by atoms with Crippen molar-refractivity contribution in [3.05, 3.63) is 18.2 Å². The van der Waals surface area contributed by atoms with Crippen LogP contribution >= 0.6 is 0 Å². The third kappa shape index (κ3) is 5.51. The van der Waals surface area contributed by atoms with Crippen LogP contribution in [0.15, 0.2) is 23.1 Å². The van der Waals surface area contributed by atoms with E-state index in [0.29, 0.717) is 38.9 Å². The van der Waals surface area contributed by atoms with Gasteiger partial charge in [-0.2, -0.15) is 4.31 Å². The van der Waals surface area contributed by atoms with Gasteiger partial charge in [-0.1, -0.05) is 20.8 Å². The van der Waals surface area contributed by atoms with Gasteiger partial charge < -0.3 is 10.4 Å². The molecule has 9 nitrogen and oxygen atoms in total. The summed E-state index contributed by atoms with van der Waals surface area (Å²) < 4.78 is 52.7. The number of piperidine rings is 1. The van der Waals surface area contributed by atoms with Crippen LogP contribution in [0.3, 0.4) is 0 Å². The molecule has 11 heteroatoms. The molecule has 170 valence electrons. The number of anilines is 1. The lowest BCUT2D eigenvalue weighted by Crippen LogP contribution is -2.44. The number of carbonyl (C=O) groups excluding carboxylic acids is 1. The minimum Gasteiger partial charge on any atom is -0.506 e. The summed E-state index contributed by atoms with van der Waals surface area (Å²) in [5.74, 6) is -1.24. The van der Waals surface area contributed by atoms with Crippen LogP contribution in [0, 0.1) is 5.92 Å². The number of hydrogen-bond donors (Lipinski definition) is 2. The van der Waals surface area contributed by atoms with Crippen LogP contribution in [0.2, 0.25) is 0 Å². The molecule has 0 saturated carbocycles. The van der Waals surface area contributed by atoms with E-state index in [2.05, 4.69) is 5.32 Å². The molecule has 2 N–H and O–H groups in total. The van der Waals surface area contributed by atoms with Crippen LogP contribution in [-0.4, -0.2) is 68.4 Å². The predicted molar refractivity (Wildman–Crippen MR) is 115 cm³/mol. The molecule has 2 rings (SSSR count). The smallest absolute Gasteiger partial charge is 0.243 e. The highest BCUT2D eigenvalue weighted by Crippen LogP contribution is 2.29. The Labute approximate surface area is 179 Å². The topological polar surface area (TPSA) is 124 Å². The molecule has 1 aliphatic rings. The number of benzene rings is 1. The molecule has 1 atom stereocenters. The standard InChI is InChI=1S/C19H31N3O6S2/c1-4-12-29(25,26)22-11-7-8-15(14-22)19(24)20-17-13-16(9-10-18(17)23)30(27,28)21(5-2)6-3/h9-10,13,15,23H,4-8,11-12,14H2,1-3H3,(H,20,24). The number of amides is 1. The first kappa shape index (κ1) is 24.6. The maximum atomic E-state index is 12.8. The number of sulfonamides is 2. The zero-order valence-electron chi connectivity index (χ0n) is 17.7. The van der Waals surface area contributed by atoms with Gasteiger partial charge in [-0.25, -0.2) is 21.1 Å². The van der Waals surface area contributed by atoms with Crippen molar-refractivity contribution in [2.45, 2.75) is 44.9 Å². The number of carbonyl (C=O) groups is 1. The van der Waals surface area contributed by atoms with Crippen molar-refractivity contribution < 1.29 is 26.7 Å². The fraction of sp³-hybridized carbons (Fsp3) is 0.632. The van der Waals surface area contributed by atoms with Crippen molar-refractivity contribution in [2.75, 3.05) is 37.2 Å². The van der Waals surface area contributed by atoms with E-state index in [1.165, 1.54) is 26.8 Å². The lowest BCUT2D eigenvalue weighted by Gasteiger charge is -2.31. The average molecular weight is 462 g/mol. The first-order valence-electron chi connectivity index (χ1n) is 10.2. The Morgan fingerprint density at radius 1 is 1.20 bits per heavy atom. The van der Waals surface area contributed by atoms with Gasteiger partial charge in [0.2, 0.25) is 26.0 Å². The quantitative estimate of drug-likeness (QED) is 0.541. The summed E-state index contributed by atoms with van der Waals surface area (Å²) in [5.41, 5.74) is -0.0123. The van der Waals surface area contributed by atoms with E-state index in [1.807, 2.05) is 0 Å². The maximum Gasteiger partial charge on any atom is 0.243 e. The molecule has 30 heavy (non-hydrogen) atoms. The van der Waals surface area contributed by atoms with Crippen LogP contribution in [0.5, 0.6) is 5.75 Å². The molecule has 0 aliphatic carbocycles. The highest BCUT2D eigenvalue weighted by atomic mass is 32.2. The number of phenols is 1. The zero-order chi connectivity index (χ0) is 22.5. The summed E-state index contributed by atoms with van der Waals surface area (Å²) in [6.45, 7) is 6.29. The normalized spacial score (nSPS) is 18.5. The molecule has 1 aromatic carbocycles. The number of hydrogen-bond acceptors (Lipinski definition) is 6. The van der Waals surface area contributed by atoms with Crippen molar-refractivity contribution >= 4 is 31.6 Å². The largest absolute Gasteiger partial charge is 0.506 e. The van der Waals surface area contributed by atoms with Crippen LogP contribution in [0.4, 0.5) is 5.69 Å². The molecule has 1 amide bonds. The molecule has 1 aromatic rings. The van der Waals surface area contributed by atoms with Crippen LogP contribution in [0.1, 0.15) is 40.0 Å². The maximum absolute atomic E-state index is 12.8. The van der Waals surface area contributed by atoms with Gasteiger partial charge in [0.1, 0.15) is 5.75 Å². The van der Waals surface area contributed by atoms with Crippen molar-refractivity contribution in [1.82, 2.24) is 8.61 Å². The Morgan fingerprint density at radius 3 is 2.47 bits per heavy atom. The second-order valence-electron chi connectivity index (χ2n) is 7.27. The van der Waals surface area contributed by atoms with E-state index >= 15 is 0 Å². The van der Waals surface area contributed by atoms with Crippen molar-refractivity contribution in [3.63, 3.8) is 0 Å². The van der Waals surface area contributed by atoms with Gasteiger partial charge in [-0.05, 0) is 37.5 Å². The number of aromatic hydroxyl groups is 1. The minimum absolute atomic E-state index is 0.0123. The van der Waals surface area contributed by atoms with Gasteiger partial charge in [-0.3, -0.25) is 4.79 Å². The number of nitrogens with one attached hydrogen (secondary N) is 1. The first-order valence-corrected chi connectivity index (χ1v) is 13.2. The lowest BCUT2D eigenvalue weighted by atomic mass is 9.98. The second kappa shape index (κ2) is 10.1. The molecular weight excluding hydrogens is 430 g/mol. The first-order chi connectivity index (χ1) is 14.1. The SMILES string of the molecule is CCCS(=O)(=O)N1CCCC(C(=O)Nc2cc(S(=O)(=O)N(CC)CC)ccc2O)C1. The van der Waals surface area contributed by atoms with Gasteiger partial charge in [-0.15, -0.1) is 0 Å². The zero-order valence-corrected chi connectivity index (χ0v) is 19.3. The van der Waals surface area contributed by atoms with Gasteiger partial charge >= 0.3 is 0 Å². The fourth-order valence-corrected chi connectivity index (χ4v) is 6.59. The Hall–Kier alpha value is -1.69. The van der Waals surface area contributed by atoms with Crippen LogP contribution in [-0.2, 0) is 24.8 Å². The van der Waals surface area contributed by atoms with Crippen molar-refractivity contribution in [1.29, 1.82) is 0 Å². The fourth-order valence-electron chi connectivity index (χ4n) is 3.52. The Kier molecular flexibility index (Phi) is 8.26. The van der Waals surface area contributed by atoms with Crippen molar-refractivity contribution in [2.24, 2.45) is 5.92 Å². The van der Waals surface area contributed by atoms with E-state index in [1.54, 1.807) is 20.8 Å². The summed E-state index contributed by atoms with van der Waals surface area (Å²) in [7, 11) is -7.16. The molecule has 1 fully saturated rings. The van der Waals surface area contributed by atoms with E-state index in [0.717, 1.165) is 0 Å². The molecular formula is C19H31N3O6S2. The highest BCUT2D eigenvalue weighted by molar-refractivity contribution is 7.89. The Balaban J connectivity index is 2.21. The summed E-state index contributed by atoms with van der Waals surface area (Å²) >= 11 is 0. The average Bonchev–Trinajstić information content (AvgIpc) is 2.70. The minimum atomic E-state index is -3.75. The molecule has 1 unspecified atom stereocenters. The van der Waals surface area contributed by atoms with Gasteiger partial charge in [0, 0.05) is 26.2 Å². The summed E-state index contributed by atoms with van der Waals surface area (Å²) in [6, 6.07) is 3.75. The van der Waals surface area contributed by atoms with Gasteiger partial charge in [0.25, 0.3) is 0 Å². The van der Waals surface area contributed by atoms with E-state index in [9.17, 15) is 26.7 Å². The molecule has 1 aliphatic heterocycles. The van der Waals surface area contributed by atoms with Crippen LogP contribution < -0.4 is 5.32 Å². The second-order valence-corrected chi connectivity index (χ2v) is 11.3. The molecule has 0 bridgehead atoms. The summed E-state index contributed by atoms with van der Waals surface area (Å²) in [5, 5.41) is 12.7. The molecule has 0 radical (unpaired) electrons.